The number of nitrogens with zero attached hydrogens (tertiary/aromatic N) is 1. The van der Waals surface area contributed by atoms with Crippen LogP contribution in [0.1, 0.15) is 38.4 Å². The van der Waals surface area contributed by atoms with Crippen molar-refractivity contribution in [2.24, 2.45) is 5.92 Å². The third-order valence-electron chi connectivity index (χ3n) is 5.80. The number of carbonyl (C=O) groups excluding carboxylic acids is 3. The van der Waals surface area contributed by atoms with E-state index in [0.717, 1.165) is 24.1 Å². The molecule has 3 N–H and O–H groups in total. The van der Waals surface area contributed by atoms with E-state index < -0.39 is 0 Å². The molecule has 1 saturated heterocycles. The van der Waals surface area contributed by atoms with Crippen LogP contribution in [-0.2, 0) is 0 Å². The van der Waals surface area contributed by atoms with Gasteiger partial charge in [0.1, 0.15) is 0 Å². The van der Waals surface area contributed by atoms with Gasteiger partial charge in [-0.1, -0.05) is 23.8 Å². The maximum absolute atomic E-state index is 13.0. The zero-order chi connectivity index (χ0) is 23.9. The highest BCUT2D eigenvalue weighted by Crippen LogP contribution is 2.20. The molecule has 8 heteroatoms. The second-order valence-corrected chi connectivity index (χ2v) is 9.42. The number of benzene rings is 2. The number of aryl methyl sites for hydroxylation is 1. The van der Waals surface area contributed by atoms with Gasteiger partial charge in [-0.2, -0.15) is 0 Å². The van der Waals surface area contributed by atoms with Crippen molar-refractivity contribution in [2.75, 3.05) is 30.3 Å². The van der Waals surface area contributed by atoms with E-state index in [-0.39, 0.29) is 23.8 Å². The first-order valence-corrected chi connectivity index (χ1v) is 12.2. The highest BCUT2D eigenvalue weighted by molar-refractivity contribution is 7.12. The molecular weight excluding hydrogens is 448 g/mol. The Morgan fingerprint density at radius 2 is 1.68 bits per heavy atom. The van der Waals surface area contributed by atoms with E-state index in [1.807, 2.05) is 47.5 Å². The first kappa shape index (κ1) is 23.5. The number of hydrogen-bond acceptors (Lipinski definition) is 4. The molecule has 1 unspecified atom stereocenters. The first-order chi connectivity index (χ1) is 16.5. The summed E-state index contributed by atoms with van der Waals surface area (Å²) in [5.41, 5.74) is 3.12. The van der Waals surface area contributed by atoms with Crippen molar-refractivity contribution >= 4 is 40.6 Å². The molecule has 0 saturated carbocycles. The van der Waals surface area contributed by atoms with Gasteiger partial charge in [0.25, 0.3) is 11.8 Å². The summed E-state index contributed by atoms with van der Waals surface area (Å²) in [6.45, 7) is 3.80. The number of likely N-dealkylation sites (tertiary alicyclic amines) is 1. The van der Waals surface area contributed by atoms with Gasteiger partial charge in [0.15, 0.2) is 0 Å². The number of urea groups is 1. The lowest BCUT2D eigenvalue weighted by Crippen LogP contribution is -2.44. The molecule has 4 rings (SSSR count). The lowest BCUT2D eigenvalue weighted by atomic mass is 9.97. The fraction of sp³-hybridized carbons (Fsp3) is 0.269. The molecule has 2 heterocycles. The summed E-state index contributed by atoms with van der Waals surface area (Å²) in [6, 6.07) is 18.0. The molecule has 7 nitrogen and oxygen atoms in total. The van der Waals surface area contributed by atoms with Crippen LogP contribution >= 0.6 is 11.3 Å². The minimum Gasteiger partial charge on any atom is -0.338 e. The average molecular weight is 477 g/mol. The largest absolute Gasteiger partial charge is 0.338 e. The van der Waals surface area contributed by atoms with Gasteiger partial charge in [-0.05, 0) is 73.5 Å². The molecule has 34 heavy (non-hydrogen) atoms. The van der Waals surface area contributed by atoms with E-state index in [4.69, 9.17) is 0 Å². The SMILES string of the molecule is Cc1ccc(NC(=O)NCC2CCCN(C(=O)c3ccc(NC(=O)c4cccs4)cc3)C2)cc1. The van der Waals surface area contributed by atoms with Crippen molar-refractivity contribution in [3.63, 3.8) is 0 Å². The topological polar surface area (TPSA) is 90.5 Å². The molecular formula is C26H28N4O3S. The first-order valence-electron chi connectivity index (χ1n) is 11.3. The number of anilines is 2. The third-order valence-corrected chi connectivity index (χ3v) is 6.67. The normalized spacial score (nSPS) is 15.4. The van der Waals surface area contributed by atoms with Crippen LogP contribution in [0.3, 0.4) is 0 Å². The van der Waals surface area contributed by atoms with Crippen molar-refractivity contribution in [1.82, 2.24) is 10.2 Å². The van der Waals surface area contributed by atoms with Gasteiger partial charge in [0.2, 0.25) is 0 Å². The number of thiophene rings is 1. The van der Waals surface area contributed by atoms with Crippen LogP contribution in [0.25, 0.3) is 0 Å². The highest BCUT2D eigenvalue weighted by Gasteiger charge is 2.25. The molecule has 0 aliphatic carbocycles. The quantitative estimate of drug-likeness (QED) is 0.469. The summed E-state index contributed by atoms with van der Waals surface area (Å²) < 4.78 is 0. The fourth-order valence-corrected chi connectivity index (χ4v) is 4.56. The number of hydrogen-bond donors (Lipinski definition) is 3. The number of rotatable bonds is 6. The van der Waals surface area contributed by atoms with E-state index in [1.165, 1.54) is 11.3 Å². The van der Waals surface area contributed by atoms with Gasteiger partial charge in [0.05, 0.1) is 4.88 Å². The van der Waals surface area contributed by atoms with Gasteiger partial charge >= 0.3 is 6.03 Å². The average Bonchev–Trinajstić information content (AvgIpc) is 3.40. The van der Waals surface area contributed by atoms with E-state index in [1.54, 1.807) is 30.3 Å². The summed E-state index contributed by atoms with van der Waals surface area (Å²) in [4.78, 5) is 39.9. The minimum atomic E-state index is -0.243. The van der Waals surface area contributed by atoms with Crippen molar-refractivity contribution in [1.29, 1.82) is 0 Å². The molecule has 176 valence electrons. The van der Waals surface area contributed by atoms with Gasteiger partial charge in [0, 0.05) is 36.6 Å². The molecule has 1 aliphatic rings. The highest BCUT2D eigenvalue weighted by atomic mass is 32.1. The third kappa shape index (κ3) is 6.23. The Morgan fingerprint density at radius 3 is 2.38 bits per heavy atom. The van der Waals surface area contributed by atoms with Crippen LogP contribution < -0.4 is 16.0 Å². The van der Waals surface area contributed by atoms with Crippen molar-refractivity contribution in [3.05, 3.63) is 82.0 Å². The van der Waals surface area contributed by atoms with Crippen LogP contribution in [0.5, 0.6) is 0 Å². The van der Waals surface area contributed by atoms with Crippen LogP contribution in [0.4, 0.5) is 16.2 Å². The smallest absolute Gasteiger partial charge is 0.319 e. The predicted molar refractivity (Wildman–Crippen MR) is 136 cm³/mol. The summed E-state index contributed by atoms with van der Waals surface area (Å²) in [5, 5.41) is 10.5. The Hall–Kier alpha value is -3.65. The summed E-state index contributed by atoms with van der Waals surface area (Å²) in [5.74, 6) is 0.00243. The van der Waals surface area contributed by atoms with Crippen LogP contribution in [0, 0.1) is 12.8 Å². The van der Waals surface area contributed by atoms with Gasteiger partial charge in [-0.3, -0.25) is 9.59 Å². The monoisotopic (exact) mass is 476 g/mol. The maximum Gasteiger partial charge on any atom is 0.319 e. The Balaban J connectivity index is 1.26. The molecule has 1 fully saturated rings. The number of nitrogens with one attached hydrogen (secondary N) is 3. The molecule has 1 aliphatic heterocycles. The lowest BCUT2D eigenvalue weighted by Gasteiger charge is -2.33. The Morgan fingerprint density at radius 1 is 0.971 bits per heavy atom. The summed E-state index contributed by atoms with van der Waals surface area (Å²) in [7, 11) is 0. The second-order valence-electron chi connectivity index (χ2n) is 8.47. The van der Waals surface area contributed by atoms with Crippen molar-refractivity contribution in [2.45, 2.75) is 19.8 Å². The van der Waals surface area contributed by atoms with E-state index in [9.17, 15) is 14.4 Å². The van der Waals surface area contributed by atoms with Crippen LogP contribution in [0.15, 0.2) is 66.0 Å². The van der Waals surface area contributed by atoms with E-state index in [2.05, 4.69) is 16.0 Å². The zero-order valence-electron chi connectivity index (χ0n) is 19.0. The maximum atomic E-state index is 13.0. The predicted octanol–water partition coefficient (Wildman–Crippen LogP) is 4.98. The second kappa shape index (κ2) is 11.0. The van der Waals surface area contributed by atoms with Crippen LogP contribution in [-0.4, -0.2) is 42.4 Å². The van der Waals surface area contributed by atoms with Crippen molar-refractivity contribution < 1.29 is 14.4 Å². The molecule has 0 bridgehead atoms. The summed E-state index contributed by atoms with van der Waals surface area (Å²) in [6.07, 6.45) is 1.86. The molecule has 4 amide bonds. The Kier molecular flexibility index (Phi) is 7.59. The molecule has 1 aromatic heterocycles. The molecule has 3 aromatic rings. The number of carbonyl (C=O) groups is 3. The Bertz CT molecular complexity index is 1130. The van der Waals surface area contributed by atoms with Crippen LogP contribution in [0.2, 0.25) is 0 Å². The number of piperidine rings is 1. The standard InChI is InChI=1S/C26H28N4O3S/c1-18-6-10-22(11-7-18)29-26(33)27-16-19-4-2-14-30(17-19)25(32)20-8-12-21(13-9-20)28-24(31)23-5-3-15-34-23/h3,5-13,15,19H,2,4,14,16-17H2,1H3,(H,28,31)(H2,27,29,33). The Labute approximate surface area is 203 Å². The van der Waals surface area contributed by atoms with Gasteiger partial charge in [-0.15, -0.1) is 11.3 Å². The van der Waals surface area contributed by atoms with E-state index >= 15 is 0 Å². The van der Waals surface area contributed by atoms with Gasteiger partial charge < -0.3 is 20.9 Å². The molecule has 2 aromatic carbocycles. The minimum absolute atomic E-state index is 0.0371. The van der Waals surface area contributed by atoms with Crippen molar-refractivity contribution in [3.8, 4) is 0 Å². The molecule has 0 spiro atoms. The summed E-state index contributed by atoms with van der Waals surface area (Å²) >= 11 is 1.38. The van der Waals surface area contributed by atoms with E-state index in [0.29, 0.717) is 35.8 Å². The molecule has 1 atom stereocenters. The van der Waals surface area contributed by atoms with Gasteiger partial charge in [-0.25, -0.2) is 4.79 Å². The molecule has 0 radical (unpaired) electrons. The number of amides is 4. The fourth-order valence-electron chi connectivity index (χ4n) is 3.94. The lowest BCUT2D eigenvalue weighted by molar-refractivity contribution is 0.0675. The zero-order valence-corrected chi connectivity index (χ0v) is 19.9.